The molecule has 0 radical (unpaired) electrons. The van der Waals surface area contributed by atoms with Crippen LogP contribution in [0.15, 0.2) is 4.99 Å². The Labute approximate surface area is 176 Å². The van der Waals surface area contributed by atoms with Crippen molar-refractivity contribution < 1.29 is 9.53 Å². The van der Waals surface area contributed by atoms with Crippen LogP contribution in [0.5, 0.6) is 0 Å². The normalized spacial score (nSPS) is 16.7. The van der Waals surface area contributed by atoms with E-state index in [4.69, 9.17) is 4.74 Å². The van der Waals surface area contributed by atoms with Gasteiger partial charge in [0.25, 0.3) is 0 Å². The molecule has 7 nitrogen and oxygen atoms in total. The zero-order chi connectivity index (χ0) is 18.7. The van der Waals surface area contributed by atoms with E-state index in [0.29, 0.717) is 19.1 Å². The monoisotopic (exact) mass is 483 g/mol. The Balaban J connectivity index is 0.00000625. The highest BCUT2D eigenvalue weighted by Crippen LogP contribution is 2.12. The number of likely N-dealkylation sites (tertiary alicyclic amines) is 1. The molecule has 0 aromatic rings. The first-order valence-corrected chi connectivity index (χ1v) is 9.41. The number of hydrogen-bond donors (Lipinski definition) is 3. The second-order valence-electron chi connectivity index (χ2n) is 7.52. The van der Waals surface area contributed by atoms with Gasteiger partial charge in [0.15, 0.2) is 5.96 Å². The van der Waals surface area contributed by atoms with Gasteiger partial charge in [0, 0.05) is 51.3 Å². The summed E-state index contributed by atoms with van der Waals surface area (Å²) in [4.78, 5) is 18.9. The maximum Gasteiger partial charge on any atom is 0.225 e. The summed E-state index contributed by atoms with van der Waals surface area (Å²) in [5, 5.41) is 9.74. The van der Waals surface area contributed by atoms with Crippen LogP contribution in [0.25, 0.3) is 0 Å². The Hall–Kier alpha value is -0.610. The smallest absolute Gasteiger partial charge is 0.225 e. The van der Waals surface area contributed by atoms with Gasteiger partial charge in [-0.2, -0.15) is 0 Å². The van der Waals surface area contributed by atoms with Crippen molar-refractivity contribution in [3.8, 4) is 0 Å². The van der Waals surface area contributed by atoms with E-state index < -0.39 is 0 Å². The third-order valence-corrected chi connectivity index (χ3v) is 4.23. The zero-order valence-corrected chi connectivity index (χ0v) is 19.4. The maximum absolute atomic E-state index is 11.9. The van der Waals surface area contributed by atoms with E-state index in [0.717, 1.165) is 51.6 Å². The number of halogens is 1. The Morgan fingerprint density at radius 2 is 1.88 bits per heavy atom. The molecule has 1 heterocycles. The summed E-state index contributed by atoms with van der Waals surface area (Å²) >= 11 is 0. The van der Waals surface area contributed by atoms with Gasteiger partial charge in [0.2, 0.25) is 5.91 Å². The molecule has 1 fully saturated rings. The van der Waals surface area contributed by atoms with Gasteiger partial charge in [-0.1, -0.05) is 20.8 Å². The Bertz CT molecular complexity index is 418. The predicted molar refractivity (Wildman–Crippen MR) is 118 cm³/mol. The summed E-state index contributed by atoms with van der Waals surface area (Å²) in [6.07, 6.45) is 2.21. The highest BCUT2D eigenvalue weighted by molar-refractivity contribution is 14.0. The first kappa shape index (κ1) is 25.4. The topological polar surface area (TPSA) is 78.0 Å². The van der Waals surface area contributed by atoms with Gasteiger partial charge in [-0.3, -0.25) is 9.79 Å². The third-order valence-electron chi connectivity index (χ3n) is 4.23. The van der Waals surface area contributed by atoms with Crippen molar-refractivity contribution in [2.75, 3.05) is 53.0 Å². The van der Waals surface area contributed by atoms with Crippen LogP contribution in [0.1, 0.15) is 40.5 Å². The fraction of sp³-hybridized carbons (Fsp3) is 0.889. The van der Waals surface area contributed by atoms with E-state index in [-0.39, 0.29) is 35.3 Å². The molecular weight excluding hydrogens is 445 g/mol. The number of piperidine rings is 1. The first-order chi connectivity index (χ1) is 11.9. The maximum atomic E-state index is 11.9. The number of hydrogen-bond acceptors (Lipinski definition) is 4. The third kappa shape index (κ3) is 10.5. The lowest BCUT2D eigenvalue weighted by atomic mass is 9.96. The van der Waals surface area contributed by atoms with Gasteiger partial charge in [-0.05, 0) is 19.8 Å². The van der Waals surface area contributed by atoms with Gasteiger partial charge in [-0.15, -0.1) is 24.0 Å². The zero-order valence-electron chi connectivity index (χ0n) is 17.1. The number of methoxy groups -OCH3 is 1. The molecule has 0 spiro atoms. The molecule has 0 bridgehead atoms. The first-order valence-electron chi connectivity index (χ1n) is 9.41. The molecule has 0 unspecified atom stereocenters. The largest absolute Gasteiger partial charge is 0.383 e. The van der Waals surface area contributed by atoms with Crippen LogP contribution in [-0.4, -0.2) is 75.8 Å². The molecular formula is C18H38IN5O2. The van der Waals surface area contributed by atoms with Crippen molar-refractivity contribution in [2.24, 2.45) is 10.4 Å². The quantitative estimate of drug-likeness (QED) is 0.211. The molecule has 3 N–H and O–H groups in total. The molecule has 8 heteroatoms. The lowest BCUT2D eigenvalue weighted by Gasteiger charge is -2.32. The van der Waals surface area contributed by atoms with E-state index in [2.05, 4.69) is 32.8 Å². The number of guanidine groups is 1. The lowest BCUT2D eigenvalue weighted by Crippen LogP contribution is -2.49. The van der Waals surface area contributed by atoms with Crippen LogP contribution in [0.3, 0.4) is 0 Å². The number of amides is 1. The summed E-state index contributed by atoms with van der Waals surface area (Å²) in [5.74, 6) is 0.895. The van der Waals surface area contributed by atoms with Crippen LogP contribution in [0.2, 0.25) is 0 Å². The van der Waals surface area contributed by atoms with E-state index in [1.807, 2.05) is 20.8 Å². The minimum atomic E-state index is -0.358. The minimum absolute atomic E-state index is 0. The number of carbonyl (C=O) groups is 1. The molecule has 1 aliphatic rings. The number of rotatable bonds is 8. The highest BCUT2D eigenvalue weighted by Gasteiger charge is 2.21. The van der Waals surface area contributed by atoms with Crippen LogP contribution < -0.4 is 16.0 Å². The Kier molecular flexibility index (Phi) is 13.2. The van der Waals surface area contributed by atoms with Crippen LogP contribution >= 0.6 is 24.0 Å². The number of nitrogens with zero attached hydrogens (tertiary/aromatic N) is 2. The van der Waals surface area contributed by atoms with E-state index in [1.165, 1.54) is 0 Å². The summed E-state index contributed by atoms with van der Waals surface area (Å²) in [6, 6.07) is 0.445. The Morgan fingerprint density at radius 3 is 2.42 bits per heavy atom. The van der Waals surface area contributed by atoms with Crippen LogP contribution in [-0.2, 0) is 9.53 Å². The summed E-state index contributed by atoms with van der Waals surface area (Å²) in [5.41, 5.74) is -0.358. The van der Waals surface area contributed by atoms with E-state index >= 15 is 0 Å². The molecule has 0 saturated carbocycles. The minimum Gasteiger partial charge on any atom is -0.383 e. The second kappa shape index (κ2) is 13.5. The van der Waals surface area contributed by atoms with Crippen molar-refractivity contribution in [3.63, 3.8) is 0 Å². The van der Waals surface area contributed by atoms with Crippen molar-refractivity contribution in [1.82, 2.24) is 20.9 Å². The van der Waals surface area contributed by atoms with Crippen molar-refractivity contribution in [3.05, 3.63) is 0 Å². The Morgan fingerprint density at radius 1 is 1.23 bits per heavy atom. The molecule has 0 aromatic heterocycles. The fourth-order valence-corrected chi connectivity index (χ4v) is 2.64. The standard InChI is InChI=1S/C18H37N5O2.HI/c1-6-19-17(21-10-9-20-16(24)18(2,3)4)22-15-7-11-23(12-8-15)13-14-25-5;/h15H,6-14H2,1-5H3,(H,20,24)(H2,19,21,22);1H. The molecule has 1 rings (SSSR count). The molecule has 1 aliphatic heterocycles. The predicted octanol–water partition coefficient (Wildman–Crippen LogP) is 1.43. The van der Waals surface area contributed by atoms with Gasteiger partial charge in [-0.25, -0.2) is 0 Å². The van der Waals surface area contributed by atoms with Gasteiger partial charge in [0.1, 0.15) is 0 Å². The van der Waals surface area contributed by atoms with Crippen molar-refractivity contribution >= 4 is 35.8 Å². The number of nitrogens with one attached hydrogen (secondary N) is 3. The highest BCUT2D eigenvalue weighted by atomic mass is 127. The molecule has 0 aromatic carbocycles. The van der Waals surface area contributed by atoms with Gasteiger partial charge < -0.3 is 25.6 Å². The number of aliphatic imine (C=N–C) groups is 1. The van der Waals surface area contributed by atoms with Crippen molar-refractivity contribution in [1.29, 1.82) is 0 Å². The van der Waals surface area contributed by atoms with Crippen LogP contribution in [0.4, 0.5) is 0 Å². The SMILES string of the molecule is CCNC(=NCCNC(=O)C(C)(C)C)NC1CCN(CCOC)CC1.I. The summed E-state index contributed by atoms with van der Waals surface area (Å²) in [6.45, 7) is 13.7. The molecule has 26 heavy (non-hydrogen) atoms. The van der Waals surface area contributed by atoms with E-state index in [9.17, 15) is 4.79 Å². The van der Waals surface area contributed by atoms with Crippen molar-refractivity contribution in [2.45, 2.75) is 46.6 Å². The summed E-state index contributed by atoms with van der Waals surface area (Å²) in [7, 11) is 1.75. The fourth-order valence-electron chi connectivity index (χ4n) is 2.64. The summed E-state index contributed by atoms with van der Waals surface area (Å²) < 4.78 is 5.14. The van der Waals surface area contributed by atoms with Gasteiger partial charge >= 0.3 is 0 Å². The average molecular weight is 483 g/mol. The molecule has 1 amide bonds. The number of carbonyl (C=O) groups excluding carboxylic acids is 1. The lowest BCUT2D eigenvalue weighted by molar-refractivity contribution is -0.128. The van der Waals surface area contributed by atoms with E-state index in [1.54, 1.807) is 7.11 Å². The van der Waals surface area contributed by atoms with Crippen LogP contribution in [0, 0.1) is 5.41 Å². The molecule has 0 aliphatic carbocycles. The molecule has 1 saturated heterocycles. The molecule has 0 atom stereocenters. The molecule has 154 valence electrons. The van der Waals surface area contributed by atoms with Gasteiger partial charge in [0.05, 0.1) is 13.2 Å². The number of ether oxygens (including phenoxy) is 1. The second-order valence-corrected chi connectivity index (χ2v) is 7.52. The average Bonchev–Trinajstić information content (AvgIpc) is 2.57.